The van der Waals surface area contributed by atoms with Crippen molar-refractivity contribution in [2.75, 3.05) is 20.3 Å². The highest BCUT2D eigenvalue weighted by molar-refractivity contribution is 7.10. The fraction of sp³-hybridized carbons (Fsp3) is 0.353. The number of H-pyrrole nitrogens is 1. The molecule has 2 aromatic heterocycles. The summed E-state index contributed by atoms with van der Waals surface area (Å²) in [4.78, 5) is 3.82. The molecule has 3 rings (SSSR count). The standard InChI is InChI=1S/C17H21N5OS/c1-13-7-10-24-16(13)12-22(8-9-23-2)11-14-3-5-15(6-4-14)17-18-20-21-19-17/h3-7,10H,8-9,11-12H2,1-2H3,(H,18,19,20,21). The lowest BCUT2D eigenvalue weighted by molar-refractivity contribution is 0.140. The number of aromatic amines is 1. The van der Waals surface area contributed by atoms with E-state index in [1.165, 1.54) is 16.0 Å². The number of hydrogen-bond acceptors (Lipinski definition) is 6. The van der Waals surface area contributed by atoms with E-state index in [0.29, 0.717) is 5.82 Å². The van der Waals surface area contributed by atoms with Crippen LogP contribution in [0.5, 0.6) is 0 Å². The molecule has 2 heterocycles. The van der Waals surface area contributed by atoms with E-state index in [-0.39, 0.29) is 0 Å². The van der Waals surface area contributed by atoms with Crippen LogP contribution in [0.15, 0.2) is 35.7 Å². The van der Waals surface area contributed by atoms with Crippen LogP contribution in [0.25, 0.3) is 11.4 Å². The van der Waals surface area contributed by atoms with E-state index in [4.69, 9.17) is 4.74 Å². The molecule has 0 spiro atoms. The van der Waals surface area contributed by atoms with Gasteiger partial charge in [0.1, 0.15) is 0 Å². The first kappa shape index (κ1) is 16.8. The molecular weight excluding hydrogens is 322 g/mol. The van der Waals surface area contributed by atoms with E-state index in [9.17, 15) is 0 Å². The molecule has 0 amide bonds. The highest BCUT2D eigenvalue weighted by Gasteiger charge is 2.10. The number of benzene rings is 1. The van der Waals surface area contributed by atoms with Gasteiger partial charge in [-0.1, -0.05) is 24.3 Å². The molecule has 7 heteroatoms. The topological polar surface area (TPSA) is 66.9 Å². The molecule has 0 aliphatic carbocycles. The molecule has 0 aliphatic heterocycles. The normalized spacial score (nSPS) is 11.3. The van der Waals surface area contributed by atoms with Crippen LogP contribution < -0.4 is 0 Å². The molecule has 24 heavy (non-hydrogen) atoms. The Morgan fingerprint density at radius 2 is 2.00 bits per heavy atom. The summed E-state index contributed by atoms with van der Waals surface area (Å²) in [6, 6.07) is 10.5. The zero-order valence-corrected chi connectivity index (χ0v) is 14.7. The van der Waals surface area contributed by atoms with Crippen molar-refractivity contribution in [1.82, 2.24) is 25.5 Å². The fourth-order valence-corrected chi connectivity index (χ4v) is 3.45. The van der Waals surface area contributed by atoms with Gasteiger partial charge in [-0.05, 0) is 34.7 Å². The number of aryl methyl sites for hydroxylation is 1. The molecule has 6 nitrogen and oxygen atoms in total. The predicted octanol–water partition coefficient (Wildman–Crippen LogP) is 2.89. The highest BCUT2D eigenvalue weighted by atomic mass is 32.1. The minimum atomic E-state index is 0.618. The smallest absolute Gasteiger partial charge is 0.204 e. The van der Waals surface area contributed by atoms with Gasteiger partial charge in [0.15, 0.2) is 0 Å². The molecule has 0 unspecified atom stereocenters. The minimum absolute atomic E-state index is 0.618. The van der Waals surface area contributed by atoms with Crippen LogP contribution in [0, 0.1) is 6.92 Å². The third-order valence-corrected chi connectivity index (χ3v) is 4.92. The van der Waals surface area contributed by atoms with Crippen molar-refractivity contribution in [1.29, 1.82) is 0 Å². The fourth-order valence-electron chi connectivity index (χ4n) is 2.51. The third-order valence-electron chi connectivity index (χ3n) is 3.91. The number of tetrazole rings is 1. The monoisotopic (exact) mass is 343 g/mol. The summed E-state index contributed by atoms with van der Waals surface area (Å²) in [7, 11) is 1.74. The second-order valence-corrected chi connectivity index (χ2v) is 6.66. The summed E-state index contributed by atoms with van der Waals surface area (Å²) in [6.45, 7) is 5.62. The number of rotatable bonds is 8. The lowest BCUT2D eigenvalue weighted by Gasteiger charge is -2.22. The number of hydrogen-bond donors (Lipinski definition) is 1. The second-order valence-electron chi connectivity index (χ2n) is 5.66. The van der Waals surface area contributed by atoms with Crippen molar-refractivity contribution < 1.29 is 4.74 Å². The van der Waals surface area contributed by atoms with Gasteiger partial charge in [0.05, 0.1) is 6.61 Å². The number of thiophene rings is 1. The highest BCUT2D eigenvalue weighted by Crippen LogP contribution is 2.20. The number of methoxy groups -OCH3 is 1. The van der Waals surface area contributed by atoms with Crippen LogP contribution in [0.1, 0.15) is 16.0 Å². The Kier molecular flexibility index (Phi) is 5.68. The van der Waals surface area contributed by atoms with E-state index < -0.39 is 0 Å². The van der Waals surface area contributed by atoms with Gasteiger partial charge in [-0.25, -0.2) is 0 Å². The molecule has 0 atom stereocenters. The second kappa shape index (κ2) is 8.14. The Morgan fingerprint density at radius 1 is 1.17 bits per heavy atom. The van der Waals surface area contributed by atoms with E-state index in [2.05, 4.69) is 56.0 Å². The summed E-state index contributed by atoms with van der Waals surface area (Å²) >= 11 is 1.81. The Hall–Kier alpha value is -2.09. The first-order chi connectivity index (χ1) is 11.8. The molecule has 0 radical (unpaired) electrons. The first-order valence-electron chi connectivity index (χ1n) is 7.83. The molecule has 1 N–H and O–H groups in total. The largest absolute Gasteiger partial charge is 0.383 e. The number of nitrogens with zero attached hydrogens (tertiary/aromatic N) is 4. The first-order valence-corrected chi connectivity index (χ1v) is 8.71. The average molecular weight is 343 g/mol. The lowest BCUT2D eigenvalue weighted by atomic mass is 10.1. The SMILES string of the molecule is COCCN(Cc1ccc(-c2nn[nH]n2)cc1)Cc1sccc1C. The van der Waals surface area contributed by atoms with Gasteiger partial charge < -0.3 is 4.74 Å². The maximum atomic E-state index is 5.26. The van der Waals surface area contributed by atoms with Crippen LogP contribution >= 0.6 is 11.3 Å². The van der Waals surface area contributed by atoms with E-state index >= 15 is 0 Å². The molecule has 0 saturated carbocycles. The zero-order valence-electron chi connectivity index (χ0n) is 13.9. The van der Waals surface area contributed by atoms with Crippen molar-refractivity contribution in [3.63, 3.8) is 0 Å². The van der Waals surface area contributed by atoms with Gasteiger partial charge in [0, 0.05) is 37.2 Å². The van der Waals surface area contributed by atoms with Gasteiger partial charge in [-0.2, -0.15) is 5.21 Å². The van der Waals surface area contributed by atoms with Gasteiger partial charge in [0.25, 0.3) is 0 Å². The molecule has 0 aliphatic rings. The molecule has 1 aromatic carbocycles. The molecule has 0 saturated heterocycles. The summed E-state index contributed by atoms with van der Waals surface area (Å²) < 4.78 is 5.26. The Morgan fingerprint density at radius 3 is 2.62 bits per heavy atom. The van der Waals surface area contributed by atoms with Crippen molar-refractivity contribution in [2.24, 2.45) is 0 Å². The minimum Gasteiger partial charge on any atom is -0.383 e. The van der Waals surface area contributed by atoms with Crippen LogP contribution in [0.4, 0.5) is 0 Å². The number of ether oxygens (including phenoxy) is 1. The summed E-state index contributed by atoms with van der Waals surface area (Å²) in [5, 5.41) is 16.2. The van der Waals surface area contributed by atoms with Crippen LogP contribution in [0.3, 0.4) is 0 Å². The maximum absolute atomic E-state index is 5.26. The lowest BCUT2D eigenvalue weighted by Crippen LogP contribution is -2.26. The van der Waals surface area contributed by atoms with Gasteiger partial charge in [-0.15, -0.1) is 21.5 Å². The van der Waals surface area contributed by atoms with Crippen molar-refractivity contribution in [2.45, 2.75) is 20.0 Å². The third kappa shape index (κ3) is 4.25. The Labute approximate surface area is 145 Å². The zero-order chi connectivity index (χ0) is 16.8. The Bertz CT molecular complexity index is 739. The van der Waals surface area contributed by atoms with Crippen LogP contribution in [0.2, 0.25) is 0 Å². The van der Waals surface area contributed by atoms with E-state index in [1.54, 1.807) is 7.11 Å². The van der Waals surface area contributed by atoms with Gasteiger partial charge in [0.2, 0.25) is 5.82 Å². The molecule has 0 fully saturated rings. The van der Waals surface area contributed by atoms with E-state index in [1.807, 2.05) is 23.5 Å². The van der Waals surface area contributed by atoms with Crippen molar-refractivity contribution in [3.05, 3.63) is 51.7 Å². The number of aromatic nitrogens is 4. The summed E-state index contributed by atoms with van der Waals surface area (Å²) in [6.07, 6.45) is 0. The quantitative estimate of drug-likeness (QED) is 0.681. The maximum Gasteiger partial charge on any atom is 0.204 e. The van der Waals surface area contributed by atoms with Crippen LogP contribution in [-0.4, -0.2) is 45.8 Å². The Balaban J connectivity index is 1.68. The molecule has 0 bridgehead atoms. The number of nitrogens with one attached hydrogen (secondary N) is 1. The summed E-state index contributed by atoms with van der Waals surface area (Å²) in [5.74, 6) is 0.618. The molecular formula is C17H21N5OS. The van der Waals surface area contributed by atoms with Crippen molar-refractivity contribution >= 4 is 11.3 Å². The average Bonchev–Trinajstić information content (AvgIpc) is 3.26. The van der Waals surface area contributed by atoms with Gasteiger partial charge in [-0.3, -0.25) is 4.90 Å². The molecule has 126 valence electrons. The van der Waals surface area contributed by atoms with Crippen molar-refractivity contribution in [3.8, 4) is 11.4 Å². The summed E-state index contributed by atoms with van der Waals surface area (Å²) in [5.41, 5.74) is 3.58. The predicted molar refractivity (Wildman–Crippen MR) is 94.7 cm³/mol. The molecule has 3 aromatic rings. The van der Waals surface area contributed by atoms with Crippen LogP contribution in [-0.2, 0) is 17.8 Å². The van der Waals surface area contributed by atoms with E-state index in [0.717, 1.165) is 31.8 Å². The van der Waals surface area contributed by atoms with Gasteiger partial charge >= 0.3 is 0 Å².